The van der Waals surface area contributed by atoms with Crippen molar-refractivity contribution in [2.45, 2.75) is 33.1 Å². The SMILES string of the molecule is Cc1c(N)cccc1Nc1ccc(C(=O)NC2=NCCCN2)cc1C(C)C. The van der Waals surface area contributed by atoms with Gasteiger partial charge in [0.05, 0.1) is 0 Å². The molecule has 0 atom stereocenters. The van der Waals surface area contributed by atoms with Crippen LogP contribution in [0.3, 0.4) is 0 Å². The number of benzene rings is 2. The number of nitrogens with one attached hydrogen (secondary N) is 3. The van der Waals surface area contributed by atoms with E-state index in [1.165, 1.54) is 0 Å². The molecule has 2 aromatic rings. The molecule has 0 spiro atoms. The molecular weight excluding hydrogens is 338 g/mol. The van der Waals surface area contributed by atoms with Crippen LogP contribution < -0.4 is 21.7 Å². The predicted molar refractivity (Wildman–Crippen MR) is 112 cm³/mol. The number of guanidine groups is 1. The molecule has 27 heavy (non-hydrogen) atoms. The lowest BCUT2D eigenvalue weighted by Gasteiger charge is -2.19. The van der Waals surface area contributed by atoms with Crippen molar-refractivity contribution < 1.29 is 4.79 Å². The Morgan fingerprint density at radius 1 is 1.22 bits per heavy atom. The van der Waals surface area contributed by atoms with Gasteiger partial charge in [-0.05, 0) is 60.7 Å². The van der Waals surface area contributed by atoms with E-state index in [1.807, 2.05) is 43.3 Å². The van der Waals surface area contributed by atoms with Crippen LogP contribution in [0.2, 0.25) is 0 Å². The number of rotatable bonds is 4. The van der Waals surface area contributed by atoms with Gasteiger partial charge < -0.3 is 16.4 Å². The molecule has 0 aliphatic carbocycles. The maximum absolute atomic E-state index is 12.6. The van der Waals surface area contributed by atoms with E-state index in [9.17, 15) is 4.79 Å². The Hall–Kier alpha value is -3.02. The van der Waals surface area contributed by atoms with E-state index in [0.29, 0.717) is 11.5 Å². The highest BCUT2D eigenvalue weighted by Gasteiger charge is 2.15. The van der Waals surface area contributed by atoms with Crippen molar-refractivity contribution in [2.75, 3.05) is 24.1 Å². The summed E-state index contributed by atoms with van der Waals surface area (Å²) in [6, 6.07) is 11.5. The van der Waals surface area contributed by atoms with Gasteiger partial charge in [0.15, 0.2) is 5.96 Å². The summed E-state index contributed by atoms with van der Waals surface area (Å²) in [7, 11) is 0. The molecule has 1 amide bonds. The van der Waals surface area contributed by atoms with Gasteiger partial charge in [-0.2, -0.15) is 0 Å². The van der Waals surface area contributed by atoms with Crippen molar-refractivity contribution in [3.63, 3.8) is 0 Å². The number of hydrogen-bond donors (Lipinski definition) is 4. The number of nitrogen functional groups attached to an aromatic ring is 1. The van der Waals surface area contributed by atoms with Crippen molar-refractivity contribution in [2.24, 2.45) is 4.99 Å². The number of carbonyl (C=O) groups is 1. The molecule has 5 N–H and O–H groups in total. The van der Waals surface area contributed by atoms with Crippen LogP contribution in [-0.2, 0) is 0 Å². The molecule has 1 aliphatic heterocycles. The molecule has 142 valence electrons. The van der Waals surface area contributed by atoms with Crippen molar-refractivity contribution in [3.05, 3.63) is 53.1 Å². The van der Waals surface area contributed by atoms with Gasteiger partial charge in [0.2, 0.25) is 0 Å². The maximum atomic E-state index is 12.6. The highest BCUT2D eigenvalue weighted by molar-refractivity contribution is 6.06. The summed E-state index contributed by atoms with van der Waals surface area (Å²) in [5, 5.41) is 9.42. The summed E-state index contributed by atoms with van der Waals surface area (Å²) in [5.41, 5.74) is 11.4. The van der Waals surface area contributed by atoms with Crippen LogP contribution in [0.4, 0.5) is 17.1 Å². The molecular formula is C21H27N5O. The predicted octanol–water partition coefficient (Wildman–Crippen LogP) is 3.52. The van der Waals surface area contributed by atoms with Gasteiger partial charge in [0, 0.05) is 35.7 Å². The Bertz CT molecular complexity index is 873. The monoisotopic (exact) mass is 365 g/mol. The zero-order valence-corrected chi connectivity index (χ0v) is 16.1. The molecule has 6 nitrogen and oxygen atoms in total. The van der Waals surface area contributed by atoms with Crippen LogP contribution in [0.15, 0.2) is 41.4 Å². The van der Waals surface area contributed by atoms with Gasteiger partial charge in [-0.3, -0.25) is 15.1 Å². The first kappa shape index (κ1) is 18.8. The van der Waals surface area contributed by atoms with Gasteiger partial charge in [-0.15, -0.1) is 0 Å². The van der Waals surface area contributed by atoms with Gasteiger partial charge in [0.1, 0.15) is 0 Å². The van der Waals surface area contributed by atoms with E-state index in [-0.39, 0.29) is 11.8 Å². The van der Waals surface area contributed by atoms with E-state index < -0.39 is 0 Å². The van der Waals surface area contributed by atoms with E-state index in [1.54, 1.807) is 0 Å². The molecule has 2 aromatic carbocycles. The quantitative estimate of drug-likeness (QED) is 0.624. The lowest BCUT2D eigenvalue weighted by molar-refractivity contribution is 0.0975. The van der Waals surface area contributed by atoms with Crippen LogP contribution in [0.1, 0.15) is 47.7 Å². The van der Waals surface area contributed by atoms with Crippen LogP contribution in [0.5, 0.6) is 0 Å². The van der Waals surface area contributed by atoms with E-state index in [4.69, 9.17) is 5.73 Å². The first-order chi connectivity index (χ1) is 13.0. The van der Waals surface area contributed by atoms with Gasteiger partial charge in [-0.1, -0.05) is 19.9 Å². The molecule has 0 saturated heterocycles. The zero-order chi connectivity index (χ0) is 19.4. The smallest absolute Gasteiger partial charge is 0.257 e. The van der Waals surface area contributed by atoms with E-state index in [0.717, 1.165) is 47.7 Å². The fraction of sp³-hybridized carbons (Fsp3) is 0.333. The summed E-state index contributed by atoms with van der Waals surface area (Å²) in [6.07, 6.45) is 0.987. The first-order valence-corrected chi connectivity index (χ1v) is 9.31. The number of anilines is 3. The first-order valence-electron chi connectivity index (χ1n) is 9.31. The van der Waals surface area contributed by atoms with Gasteiger partial charge >= 0.3 is 0 Å². The second-order valence-electron chi connectivity index (χ2n) is 7.07. The molecule has 1 aliphatic rings. The summed E-state index contributed by atoms with van der Waals surface area (Å²) in [5.74, 6) is 0.651. The average Bonchev–Trinajstić information content (AvgIpc) is 2.66. The molecule has 0 saturated carbocycles. The number of hydrogen-bond acceptors (Lipinski definition) is 5. The Balaban J connectivity index is 1.85. The van der Waals surface area contributed by atoms with Crippen LogP contribution in [0, 0.1) is 6.92 Å². The minimum atomic E-state index is -0.156. The molecule has 0 radical (unpaired) electrons. The summed E-state index contributed by atoms with van der Waals surface area (Å²) < 4.78 is 0. The third-order valence-corrected chi connectivity index (χ3v) is 4.71. The van der Waals surface area contributed by atoms with Crippen molar-refractivity contribution in [1.82, 2.24) is 10.6 Å². The van der Waals surface area contributed by atoms with Crippen LogP contribution >= 0.6 is 0 Å². The Labute approximate surface area is 160 Å². The lowest BCUT2D eigenvalue weighted by atomic mass is 9.97. The summed E-state index contributed by atoms with van der Waals surface area (Å²) in [6.45, 7) is 7.79. The van der Waals surface area contributed by atoms with Crippen LogP contribution in [0.25, 0.3) is 0 Å². The largest absolute Gasteiger partial charge is 0.398 e. The topological polar surface area (TPSA) is 91.5 Å². The Morgan fingerprint density at radius 2 is 2.04 bits per heavy atom. The minimum absolute atomic E-state index is 0.156. The van der Waals surface area contributed by atoms with E-state index >= 15 is 0 Å². The van der Waals surface area contributed by atoms with Crippen molar-refractivity contribution in [3.8, 4) is 0 Å². The molecule has 0 fully saturated rings. The molecule has 0 unspecified atom stereocenters. The third-order valence-electron chi connectivity index (χ3n) is 4.71. The Morgan fingerprint density at radius 3 is 2.74 bits per heavy atom. The number of amides is 1. The fourth-order valence-corrected chi connectivity index (χ4v) is 3.03. The lowest BCUT2D eigenvalue weighted by Crippen LogP contribution is -2.43. The van der Waals surface area contributed by atoms with E-state index in [2.05, 4.69) is 34.8 Å². The molecule has 3 rings (SSSR count). The number of carbonyl (C=O) groups excluding carboxylic acids is 1. The highest BCUT2D eigenvalue weighted by Crippen LogP contribution is 2.31. The number of aliphatic imine (C=N–C) groups is 1. The Kier molecular flexibility index (Phi) is 5.64. The molecule has 0 aromatic heterocycles. The normalized spacial score (nSPS) is 13.7. The zero-order valence-electron chi connectivity index (χ0n) is 16.1. The van der Waals surface area contributed by atoms with Crippen molar-refractivity contribution in [1.29, 1.82) is 0 Å². The van der Waals surface area contributed by atoms with Crippen LogP contribution in [-0.4, -0.2) is 25.0 Å². The highest BCUT2D eigenvalue weighted by atomic mass is 16.1. The fourth-order valence-electron chi connectivity index (χ4n) is 3.03. The van der Waals surface area contributed by atoms with Crippen molar-refractivity contribution >= 4 is 28.9 Å². The van der Waals surface area contributed by atoms with Gasteiger partial charge in [-0.25, -0.2) is 0 Å². The third kappa shape index (κ3) is 4.39. The molecule has 1 heterocycles. The summed E-state index contributed by atoms with van der Waals surface area (Å²) >= 11 is 0. The van der Waals surface area contributed by atoms with Gasteiger partial charge in [0.25, 0.3) is 5.91 Å². The molecule has 0 bridgehead atoms. The summed E-state index contributed by atoms with van der Waals surface area (Å²) in [4.78, 5) is 16.9. The maximum Gasteiger partial charge on any atom is 0.257 e. The molecule has 6 heteroatoms. The second kappa shape index (κ2) is 8.12. The standard InChI is InChI=1S/C21H27N5O/c1-13(2)16-12-15(20(27)26-21-23-10-5-11-24-21)8-9-19(16)25-18-7-4-6-17(22)14(18)3/h4,6-9,12-13,25H,5,10-11,22H2,1-3H3,(H2,23,24,26,27). The second-order valence-corrected chi connectivity index (χ2v) is 7.07. The minimum Gasteiger partial charge on any atom is -0.398 e. The number of nitrogens with two attached hydrogens (primary N) is 1. The number of nitrogens with zero attached hydrogens (tertiary/aromatic N) is 1. The average molecular weight is 365 g/mol.